The van der Waals surface area contributed by atoms with Crippen molar-refractivity contribution in [2.75, 3.05) is 6.61 Å². The third kappa shape index (κ3) is 2.62. The van der Waals surface area contributed by atoms with Crippen molar-refractivity contribution in [3.8, 4) is 0 Å². The van der Waals surface area contributed by atoms with Gasteiger partial charge in [-0.25, -0.2) is 0 Å². The van der Waals surface area contributed by atoms with Crippen LogP contribution in [0.15, 0.2) is 29.6 Å². The Bertz CT molecular complexity index is 524. The van der Waals surface area contributed by atoms with Gasteiger partial charge in [-0.05, 0) is 36.2 Å². The van der Waals surface area contributed by atoms with Crippen molar-refractivity contribution in [3.05, 3.63) is 35.2 Å². The Morgan fingerprint density at radius 2 is 2.17 bits per heavy atom. The van der Waals surface area contributed by atoms with Crippen LogP contribution in [0.2, 0.25) is 0 Å². The van der Waals surface area contributed by atoms with E-state index >= 15 is 0 Å². The minimum absolute atomic E-state index is 0.117. The van der Waals surface area contributed by atoms with E-state index < -0.39 is 0 Å². The van der Waals surface area contributed by atoms with E-state index in [1.54, 1.807) is 11.3 Å². The molecule has 0 saturated carbocycles. The van der Waals surface area contributed by atoms with Gasteiger partial charge in [0.05, 0.1) is 0 Å². The van der Waals surface area contributed by atoms with Crippen molar-refractivity contribution >= 4 is 27.2 Å². The second-order valence-electron chi connectivity index (χ2n) is 4.24. The number of hydrogen-bond acceptors (Lipinski definition) is 3. The van der Waals surface area contributed by atoms with E-state index in [0.717, 1.165) is 28.5 Å². The van der Waals surface area contributed by atoms with Crippen LogP contribution in [0, 0.1) is 0 Å². The van der Waals surface area contributed by atoms with E-state index in [0.29, 0.717) is 6.61 Å². The molecule has 0 bridgehead atoms. The van der Waals surface area contributed by atoms with Gasteiger partial charge >= 0.3 is 0 Å². The van der Waals surface area contributed by atoms with Crippen molar-refractivity contribution < 1.29 is 9.53 Å². The van der Waals surface area contributed by atoms with E-state index in [1.165, 1.54) is 0 Å². The molecule has 1 aromatic heterocycles. The molecule has 2 rings (SSSR count). The molecule has 0 aliphatic heterocycles. The number of ether oxygens (including phenoxy) is 1. The first-order valence-electron chi connectivity index (χ1n) is 6.40. The van der Waals surface area contributed by atoms with Gasteiger partial charge in [-0.15, -0.1) is 11.3 Å². The van der Waals surface area contributed by atoms with Gasteiger partial charge in [-0.1, -0.05) is 25.5 Å². The zero-order valence-electron chi connectivity index (χ0n) is 10.8. The third-order valence-electron chi connectivity index (χ3n) is 2.96. The van der Waals surface area contributed by atoms with Crippen LogP contribution >= 0.6 is 11.3 Å². The van der Waals surface area contributed by atoms with Crippen LogP contribution in [0.5, 0.6) is 0 Å². The van der Waals surface area contributed by atoms with Crippen LogP contribution in [0.3, 0.4) is 0 Å². The van der Waals surface area contributed by atoms with Crippen molar-refractivity contribution in [1.82, 2.24) is 0 Å². The number of hydrogen-bond donors (Lipinski definition) is 0. The van der Waals surface area contributed by atoms with Crippen LogP contribution in [-0.4, -0.2) is 18.5 Å². The summed E-state index contributed by atoms with van der Waals surface area (Å²) in [6.07, 6.45) is 1.44. The lowest BCUT2D eigenvalue weighted by Gasteiger charge is -2.15. The number of benzene rings is 1. The van der Waals surface area contributed by atoms with Crippen molar-refractivity contribution in [1.29, 1.82) is 0 Å². The minimum atomic E-state index is -0.298. The number of Topliss-reactive ketones (excluding diaryl/α,β-unsaturated/α-hetero) is 1. The molecule has 0 fully saturated rings. The van der Waals surface area contributed by atoms with Crippen LogP contribution in [0.25, 0.3) is 10.1 Å². The number of carbonyl (C=O) groups excluding carboxylic acids is 1. The Kier molecular flexibility index (Phi) is 4.50. The monoisotopic (exact) mass is 262 g/mol. The highest BCUT2D eigenvalue weighted by Gasteiger charge is 2.21. The average Bonchev–Trinajstić information content (AvgIpc) is 2.85. The molecule has 1 heterocycles. The lowest BCUT2D eigenvalue weighted by atomic mass is 10.0. The number of ketones is 1. The van der Waals surface area contributed by atoms with E-state index in [4.69, 9.17) is 4.74 Å². The summed E-state index contributed by atoms with van der Waals surface area (Å²) in [4.78, 5) is 12.5. The summed E-state index contributed by atoms with van der Waals surface area (Å²) in [5.41, 5.74) is 0.800. The highest BCUT2D eigenvalue weighted by molar-refractivity contribution is 7.17. The maximum Gasteiger partial charge on any atom is 0.192 e. The van der Waals surface area contributed by atoms with Crippen LogP contribution in [0.4, 0.5) is 0 Å². The smallest absolute Gasteiger partial charge is 0.192 e. The molecule has 0 spiro atoms. The molecule has 1 unspecified atom stereocenters. The molecule has 1 atom stereocenters. The van der Waals surface area contributed by atoms with Gasteiger partial charge in [0, 0.05) is 16.9 Å². The summed E-state index contributed by atoms with van der Waals surface area (Å²) in [6.45, 7) is 4.59. The first kappa shape index (κ1) is 13.2. The second-order valence-corrected chi connectivity index (χ2v) is 5.16. The number of carbonyl (C=O) groups is 1. The van der Waals surface area contributed by atoms with Gasteiger partial charge in [0.25, 0.3) is 0 Å². The molecule has 0 amide bonds. The maximum atomic E-state index is 12.5. The number of fused-ring (bicyclic) bond motifs is 1. The summed E-state index contributed by atoms with van der Waals surface area (Å²) in [7, 11) is 0. The van der Waals surface area contributed by atoms with E-state index in [1.807, 2.05) is 36.6 Å². The van der Waals surface area contributed by atoms with Crippen LogP contribution < -0.4 is 0 Å². The van der Waals surface area contributed by atoms with Crippen molar-refractivity contribution in [3.63, 3.8) is 0 Å². The van der Waals surface area contributed by atoms with Gasteiger partial charge in [0.2, 0.25) is 0 Å². The molecule has 0 aliphatic carbocycles. The maximum absolute atomic E-state index is 12.5. The Labute approximate surface area is 112 Å². The van der Waals surface area contributed by atoms with Crippen LogP contribution in [-0.2, 0) is 4.74 Å². The first-order chi connectivity index (χ1) is 8.77. The molecular formula is C15H18O2S. The van der Waals surface area contributed by atoms with Crippen molar-refractivity contribution in [2.24, 2.45) is 0 Å². The summed E-state index contributed by atoms with van der Waals surface area (Å²) in [5, 5.41) is 3.16. The lowest BCUT2D eigenvalue weighted by molar-refractivity contribution is 0.0425. The third-order valence-corrected chi connectivity index (χ3v) is 3.92. The molecule has 0 radical (unpaired) electrons. The second kappa shape index (κ2) is 6.12. The summed E-state index contributed by atoms with van der Waals surface area (Å²) < 4.78 is 6.65. The molecular weight excluding hydrogens is 244 g/mol. The van der Waals surface area contributed by atoms with Crippen molar-refractivity contribution in [2.45, 2.75) is 32.8 Å². The Morgan fingerprint density at radius 3 is 2.89 bits per heavy atom. The SMILES string of the molecule is CCCC(OCC)C(=O)c1cccc2ccsc12. The predicted molar refractivity (Wildman–Crippen MR) is 76.5 cm³/mol. The first-order valence-corrected chi connectivity index (χ1v) is 7.28. The average molecular weight is 262 g/mol. The zero-order chi connectivity index (χ0) is 13.0. The van der Waals surface area contributed by atoms with Gasteiger partial charge in [-0.2, -0.15) is 0 Å². The summed E-state index contributed by atoms with van der Waals surface area (Å²) in [5.74, 6) is 0.117. The molecule has 0 saturated heterocycles. The van der Waals surface area contributed by atoms with Gasteiger partial charge < -0.3 is 4.74 Å². The van der Waals surface area contributed by atoms with Gasteiger partial charge in [0.1, 0.15) is 6.10 Å². The quantitative estimate of drug-likeness (QED) is 0.726. The molecule has 2 nitrogen and oxygen atoms in total. The Balaban J connectivity index is 2.34. The highest BCUT2D eigenvalue weighted by atomic mass is 32.1. The fourth-order valence-electron chi connectivity index (χ4n) is 2.11. The molecule has 0 aliphatic rings. The molecule has 96 valence electrons. The zero-order valence-corrected chi connectivity index (χ0v) is 11.6. The largest absolute Gasteiger partial charge is 0.370 e. The normalized spacial score (nSPS) is 12.8. The Morgan fingerprint density at radius 1 is 1.33 bits per heavy atom. The number of thiophene rings is 1. The van der Waals surface area contributed by atoms with Gasteiger partial charge in [0.15, 0.2) is 5.78 Å². The molecule has 1 aromatic carbocycles. The summed E-state index contributed by atoms with van der Waals surface area (Å²) >= 11 is 1.62. The fraction of sp³-hybridized carbons (Fsp3) is 0.400. The van der Waals surface area contributed by atoms with E-state index in [2.05, 4.69) is 6.92 Å². The molecule has 2 aromatic rings. The van der Waals surface area contributed by atoms with E-state index in [-0.39, 0.29) is 11.9 Å². The topological polar surface area (TPSA) is 26.3 Å². The lowest BCUT2D eigenvalue weighted by Crippen LogP contribution is -2.24. The predicted octanol–water partition coefficient (Wildman–Crippen LogP) is 4.29. The minimum Gasteiger partial charge on any atom is -0.370 e. The fourth-order valence-corrected chi connectivity index (χ4v) is 3.03. The van der Waals surface area contributed by atoms with Gasteiger partial charge in [-0.3, -0.25) is 4.79 Å². The molecule has 0 N–H and O–H groups in total. The highest BCUT2D eigenvalue weighted by Crippen LogP contribution is 2.26. The molecule has 18 heavy (non-hydrogen) atoms. The molecule has 3 heteroatoms. The standard InChI is InChI=1S/C15H18O2S/c1-3-6-13(17-4-2)14(16)12-8-5-7-11-9-10-18-15(11)12/h5,7-10,13H,3-4,6H2,1-2H3. The Hall–Kier alpha value is -1.19. The number of rotatable bonds is 6. The van der Waals surface area contributed by atoms with Crippen LogP contribution in [0.1, 0.15) is 37.0 Å². The van der Waals surface area contributed by atoms with E-state index in [9.17, 15) is 4.79 Å². The summed E-state index contributed by atoms with van der Waals surface area (Å²) in [6, 6.07) is 7.94.